The smallest absolute Gasteiger partial charge is 0.293 e. The quantitative estimate of drug-likeness (QED) is 0.488. The minimum absolute atomic E-state index is 0.115. The number of nitrogens with zero attached hydrogens (tertiary/aromatic N) is 9. The molecule has 1 aliphatic heterocycles. The summed E-state index contributed by atoms with van der Waals surface area (Å²) in [7, 11) is 1.87. The van der Waals surface area contributed by atoms with Crippen molar-refractivity contribution in [1.82, 2.24) is 39.4 Å². The van der Waals surface area contributed by atoms with Crippen molar-refractivity contribution in [3.63, 3.8) is 0 Å². The van der Waals surface area contributed by atoms with Crippen LogP contribution in [0.15, 0.2) is 42.9 Å². The molecular formula is C22H23N9O. The number of anilines is 1. The maximum absolute atomic E-state index is 13.2. The van der Waals surface area contributed by atoms with Crippen LogP contribution in [0.5, 0.6) is 0 Å². The van der Waals surface area contributed by atoms with Crippen molar-refractivity contribution in [1.29, 1.82) is 0 Å². The fourth-order valence-corrected chi connectivity index (χ4v) is 4.24. The van der Waals surface area contributed by atoms with Crippen molar-refractivity contribution in [3.05, 3.63) is 54.5 Å². The summed E-state index contributed by atoms with van der Waals surface area (Å²) in [5, 5.41) is 9.82. The third kappa shape index (κ3) is 3.19. The van der Waals surface area contributed by atoms with E-state index in [2.05, 4.69) is 30.0 Å². The number of carbonyl (C=O) groups is 1. The first-order chi connectivity index (χ1) is 15.7. The van der Waals surface area contributed by atoms with Crippen LogP contribution < -0.4 is 4.90 Å². The predicted molar refractivity (Wildman–Crippen MR) is 118 cm³/mol. The summed E-state index contributed by atoms with van der Waals surface area (Å²) in [6.45, 7) is 2.54. The summed E-state index contributed by atoms with van der Waals surface area (Å²) in [5.74, 6) is 2.30. The highest BCUT2D eigenvalue weighted by atomic mass is 16.2. The Kier molecular flexibility index (Phi) is 4.37. The SMILES string of the molecule is Cn1ncc2c(N3CCN(C(=O)c4nc(C5CC5)n(-c5ccccc5)n4)CC3)ncnc21. The van der Waals surface area contributed by atoms with Crippen LogP contribution in [0.3, 0.4) is 0 Å². The third-order valence-electron chi connectivity index (χ3n) is 6.14. The van der Waals surface area contributed by atoms with E-state index in [1.165, 1.54) is 0 Å². The van der Waals surface area contributed by atoms with Crippen LogP contribution in [-0.4, -0.2) is 71.5 Å². The van der Waals surface area contributed by atoms with Gasteiger partial charge in [-0.2, -0.15) is 5.10 Å². The van der Waals surface area contributed by atoms with Gasteiger partial charge in [0.2, 0.25) is 5.82 Å². The fraction of sp³-hybridized carbons (Fsp3) is 0.364. The first-order valence-electron chi connectivity index (χ1n) is 10.9. The molecule has 0 bridgehead atoms. The number of fused-ring (bicyclic) bond motifs is 1. The standard InChI is InChI=1S/C22H23N9O/c1-28-20-17(13-25-28)21(24-14-23-20)29-9-11-30(12-10-29)22(32)18-26-19(15-7-8-15)31(27-18)16-5-3-2-4-6-16/h2-6,13-15H,7-12H2,1H3. The maximum atomic E-state index is 13.2. The van der Waals surface area contributed by atoms with Gasteiger partial charge in [0, 0.05) is 39.1 Å². The molecule has 0 spiro atoms. The summed E-state index contributed by atoms with van der Waals surface area (Å²) in [6, 6.07) is 9.91. The van der Waals surface area contributed by atoms with Crippen molar-refractivity contribution in [2.45, 2.75) is 18.8 Å². The number of aryl methyl sites for hydroxylation is 1. The number of hydrogen-bond donors (Lipinski definition) is 0. The number of benzene rings is 1. The largest absolute Gasteiger partial charge is 0.352 e. The maximum Gasteiger partial charge on any atom is 0.293 e. The highest BCUT2D eigenvalue weighted by molar-refractivity contribution is 5.91. The van der Waals surface area contributed by atoms with E-state index in [9.17, 15) is 4.79 Å². The minimum atomic E-state index is -0.115. The normalized spacial score (nSPS) is 16.7. The number of hydrogen-bond acceptors (Lipinski definition) is 7. The minimum Gasteiger partial charge on any atom is -0.352 e. The Balaban J connectivity index is 1.21. The lowest BCUT2D eigenvalue weighted by atomic mass is 10.2. The Hall–Kier alpha value is -3.82. The zero-order chi connectivity index (χ0) is 21.7. The Morgan fingerprint density at radius 1 is 1.03 bits per heavy atom. The lowest BCUT2D eigenvalue weighted by molar-refractivity contribution is 0.0734. The summed E-state index contributed by atoms with van der Waals surface area (Å²) < 4.78 is 3.58. The van der Waals surface area contributed by atoms with Gasteiger partial charge >= 0.3 is 0 Å². The molecule has 0 N–H and O–H groups in total. The van der Waals surface area contributed by atoms with Gasteiger partial charge in [-0.1, -0.05) is 18.2 Å². The van der Waals surface area contributed by atoms with E-state index in [-0.39, 0.29) is 11.7 Å². The van der Waals surface area contributed by atoms with Crippen molar-refractivity contribution >= 4 is 22.8 Å². The Bertz CT molecular complexity index is 1280. The highest BCUT2D eigenvalue weighted by Crippen LogP contribution is 2.39. The molecule has 1 aromatic carbocycles. The van der Waals surface area contributed by atoms with Gasteiger partial charge in [0.05, 0.1) is 17.3 Å². The van der Waals surface area contributed by atoms with E-state index in [0.29, 0.717) is 32.1 Å². The molecule has 0 atom stereocenters. The van der Waals surface area contributed by atoms with Crippen LogP contribution in [0.25, 0.3) is 16.7 Å². The Morgan fingerprint density at radius 3 is 2.56 bits per heavy atom. The number of para-hydroxylation sites is 1. The van der Waals surface area contributed by atoms with Crippen LogP contribution in [0, 0.1) is 0 Å². The second-order valence-electron chi connectivity index (χ2n) is 8.30. The van der Waals surface area contributed by atoms with Crippen LogP contribution in [0.1, 0.15) is 35.2 Å². The second-order valence-corrected chi connectivity index (χ2v) is 8.30. The molecule has 10 heteroatoms. The molecule has 1 amide bonds. The monoisotopic (exact) mass is 429 g/mol. The molecule has 1 saturated heterocycles. The zero-order valence-corrected chi connectivity index (χ0v) is 17.8. The van der Waals surface area contributed by atoms with E-state index in [4.69, 9.17) is 0 Å². The van der Waals surface area contributed by atoms with Gasteiger partial charge in [-0.05, 0) is 25.0 Å². The molecule has 1 saturated carbocycles. The average Bonchev–Trinajstić information content (AvgIpc) is 3.48. The Morgan fingerprint density at radius 2 is 1.81 bits per heavy atom. The molecule has 1 aliphatic carbocycles. The van der Waals surface area contributed by atoms with Gasteiger partial charge in [-0.25, -0.2) is 19.6 Å². The molecule has 4 aromatic rings. The average molecular weight is 429 g/mol. The molecule has 2 fully saturated rings. The molecule has 0 unspecified atom stereocenters. The van der Waals surface area contributed by atoms with Crippen molar-refractivity contribution < 1.29 is 4.79 Å². The number of carbonyl (C=O) groups excluding carboxylic acids is 1. The molecule has 162 valence electrons. The van der Waals surface area contributed by atoms with Gasteiger partial charge < -0.3 is 9.80 Å². The third-order valence-corrected chi connectivity index (χ3v) is 6.14. The molecule has 4 heterocycles. The number of aromatic nitrogens is 7. The van der Waals surface area contributed by atoms with Gasteiger partial charge in [-0.3, -0.25) is 9.48 Å². The van der Waals surface area contributed by atoms with Crippen LogP contribution >= 0.6 is 0 Å². The molecular weight excluding hydrogens is 406 g/mol. The topological polar surface area (TPSA) is 97.9 Å². The van der Waals surface area contributed by atoms with Gasteiger partial charge in [-0.15, -0.1) is 5.10 Å². The zero-order valence-electron chi connectivity index (χ0n) is 17.8. The van der Waals surface area contributed by atoms with Crippen LogP contribution in [0.2, 0.25) is 0 Å². The molecule has 32 heavy (non-hydrogen) atoms. The lowest BCUT2D eigenvalue weighted by Gasteiger charge is -2.35. The van der Waals surface area contributed by atoms with Crippen molar-refractivity contribution in [2.24, 2.45) is 7.05 Å². The number of rotatable bonds is 4. The number of piperazine rings is 1. The van der Waals surface area contributed by atoms with E-state index in [1.807, 2.05) is 47.0 Å². The van der Waals surface area contributed by atoms with Gasteiger partial charge in [0.25, 0.3) is 5.91 Å². The van der Waals surface area contributed by atoms with Gasteiger partial charge in [0.15, 0.2) is 5.65 Å². The second kappa shape index (κ2) is 7.40. The summed E-state index contributed by atoms with van der Waals surface area (Å²) in [4.78, 5) is 30.7. The first-order valence-corrected chi connectivity index (χ1v) is 10.9. The lowest BCUT2D eigenvalue weighted by Crippen LogP contribution is -2.49. The van der Waals surface area contributed by atoms with E-state index < -0.39 is 0 Å². The molecule has 0 radical (unpaired) electrons. The van der Waals surface area contributed by atoms with E-state index in [1.54, 1.807) is 17.2 Å². The molecule has 3 aromatic heterocycles. The Labute approximate surface area is 184 Å². The van der Waals surface area contributed by atoms with Crippen molar-refractivity contribution in [2.75, 3.05) is 31.1 Å². The molecule has 10 nitrogen and oxygen atoms in total. The summed E-state index contributed by atoms with van der Waals surface area (Å²) >= 11 is 0. The predicted octanol–water partition coefficient (Wildman–Crippen LogP) is 1.78. The number of amides is 1. The van der Waals surface area contributed by atoms with E-state index in [0.717, 1.165) is 41.2 Å². The van der Waals surface area contributed by atoms with E-state index >= 15 is 0 Å². The fourth-order valence-electron chi connectivity index (χ4n) is 4.24. The van der Waals surface area contributed by atoms with Gasteiger partial charge in [0.1, 0.15) is 18.0 Å². The van der Waals surface area contributed by atoms with Crippen molar-refractivity contribution in [3.8, 4) is 5.69 Å². The summed E-state index contributed by atoms with van der Waals surface area (Å²) in [6.07, 6.45) is 5.55. The highest BCUT2D eigenvalue weighted by Gasteiger charge is 2.33. The first kappa shape index (κ1) is 18.9. The summed E-state index contributed by atoms with van der Waals surface area (Å²) in [5.41, 5.74) is 1.74. The van der Waals surface area contributed by atoms with Crippen LogP contribution in [-0.2, 0) is 7.05 Å². The molecule has 2 aliphatic rings. The molecule has 6 rings (SSSR count). The van der Waals surface area contributed by atoms with Crippen LogP contribution in [0.4, 0.5) is 5.82 Å².